The molecule has 3 aromatic rings. The summed E-state index contributed by atoms with van der Waals surface area (Å²) in [5.41, 5.74) is 2.16. The lowest BCUT2D eigenvalue weighted by Crippen LogP contribution is -2.09. The average Bonchev–Trinajstić information content (AvgIpc) is 2.61. The summed E-state index contributed by atoms with van der Waals surface area (Å²) in [6, 6.07) is 19.7. The maximum atomic E-state index is 12.3. The molecule has 0 fully saturated rings. The SMILES string of the molecule is CCCCOC(=O)c1cc2ccccc2c(-c2ccccc2)n1. The summed E-state index contributed by atoms with van der Waals surface area (Å²) in [5.74, 6) is -0.360. The van der Waals surface area contributed by atoms with Crippen LogP contribution in [0.1, 0.15) is 30.3 Å². The molecular weight excluding hydrogens is 286 g/mol. The van der Waals surface area contributed by atoms with E-state index in [1.807, 2.05) is 54.6 Å². The molecule has 2 aromatic carbocycles. The third kappa shape index (κ3) is 3.39. The van der Waals surface area contributed by atoms with Crippen LogP contribution in [0.3, 0.4) is 0 Å². The highest BCUT2D eigenvalue weighted by atomic mass is 16.5. The van der Waals surface area contributed by atoms with Gasteiger partial charge in [0, 0.05) is 10.9 Å². The van der Waals surface area contributed by atoms with Crippen molar-refractivity contribution in [1.82, 2.24) is 4.98 Å². The van der Waals surface area contributed by atoms with Crippen molar-refractivity contribution in [3.63, 3.8) is 0 Å². The van der Waals surface area contributed by atoms with Crippen molar-refractivity contribution in [3.05, 3.63) is 66.4 Å². The molecule has 0 bridgehead atoms. The lowest BCUT2D eigenvalue weighted by molar-refractivity contribution is 0.0493. The Morgan fingerprint density at radius 1 is 1.04 bits per heavy atom. The number of aromatic nitrogens is 1. The second kappa shape index (κ2) is 7.05. The molecule has 0 unspecified atom stereocenters. The Morgan fingerprint density at radius 3 is 2.57 bits per heavy atom. The van der Waals surface area contributed by atoms with Crippen molar-refractivity contribution in [3.8, 4) is 11.3 Å². The van der Waals surface area contributed by atoms with Crippen molar-refractivity contribution < 1.29 is 9.53 Å². The van der Waals surface area contributed by atoms with Crippen LogP contribution in [0.15, 0.2) is 60.7 Å². The Bertz CT molecular complexity index is 812. The molecular formula is C20H19NO2. The summed E-state index contributed by atoms with van der Waals surface area (Å²) in [5, 5.41) is 2.02. The molecule has 0 amide bonds. The third-order valence-corrected chi connectivity index (χ3v) is 3.73. The van der Waals surface area contributed by atoms with Gasteiger partial charge in [-0.2, -0.15) is 0 Å². The lowest BCUT2D eigenvalue weighted by atomic mass is 10.0. The fraction of sp³-hybridized carbons (Fsp3) is 0.200. The molecule has 0 saturated carbocycles. The second-order valence-electron chi connectivity index (χ2n) is 5.43. The quantitative estimate of drug-likeness (QED) is 0.499. The molecule has 116 valence electrons. The normalized spacial score (nSPS) is 10.7. The molecule has 3 rings (SSSR count). The van der Waals surface area contributed by atoms with E-state index in [1.54, 1.807) is 6.07 Å². The number of carbonyl (C=O) groups is 1. The third-order valence-electron chi connectivity index (χ3n) is 3.73. The zero-order valence-electron chi connectivity index (χ0n) is 13.2. The minimum absolute atomic E-state index is 0.360. The van der Waals surface area contributed by atoms with Crippen LogP contribution in [0, 0.1) is 0 Å². The number of hydrogen-bond acceptors (Lipinski definition) is 3. The summed E-state index contributed by atoms with van der Waals surface area (Å²) < 4.78 is 5.31. The smallest absolute Gasteiger partial charge is 0.356 e. The van der Waals surface area contributed by atoms with E-state index in [1.165, 1.54) is 0 Å². The van der Waals surface area contributed by atoms with Crippen molar-refractivity contribution >= 4 is 16.7 Å². The van der Waals surface area contributed by atoms with Crippen LogP contribution in [0.2, 0.25) is 0 Å². The number of unbranched alkanes of at least 4 members (excludes halogenated alkanes) is 1. The highest BCUT2D eigenvalue weighted by Crippen LogP contribution is 2.27. The zero-order valence-corrected chi connectivity index (χ0v) is 13.2. The first-order valence-corrected chi connectivity index (χ1v) is 7.92. The monoisotopic (exact) mass is 305 g/mol. The number of carbonyl (C=O) groups excluding carboxylic acids is 1. The summed E-state index contributed by atoms with van der Waals surface area (Å²) in [6.45, 7) is 2.50. The fourth-order valence-electron chi connectivity index (χ4n) is 2.50. The molecule has 0 aliphatic carbocycles. The first-order chi connectivity index (χ1) is 11.3. The van der Waals surface area contributed by atoms with Gasteiger partial charge < -0.3 is 4.74 Å². The van der Waals surface area contributed by atoms with Crippen LogP contribution in [0.5, 0.6) is 0 Å². The number of esters is 1. The number of nitrogens with zero attached hydrogens (tertiary/aromatic N) is 1. The van der Waals surface area contributed by atoms with Crippen molar-refractivity contribution in [2.45, 2.75) is 19.8 Å². The van der Waals surface area contributed by atoms with Crippen LogP contribution in [0.4, 0.5) is 0 Å². The Hall–Kier alpha value is -2.68. The van der Waals surface area contributed by atoms with E-state index in [0.29, 0.717) is 12.3 Å². The van der Waals surface area contributed by atoms with E-state index in [2.05, 4.69) is 11.9 Å². The molecule has 0 atom stereocenters. The van der Waals surface area contributed by atoms with E-state index in [-0.39, 0.29) is 5.97 Å². The van der Waals surface area contributed by atoms with Gasteiger partial charge in [-0.1, -0.05) is 67.9 Å². The van der Waals surface area contributed by atoms with Crippen LogP contribution >= 0.6 is 0 Å². The van der Waals surface area contributed by atoms with E-state index in [0.717, 1.165) is 34.9 Å². The van der Waals surface area contributed by atoms with Gasteiger partial charge in [0.05, 0.1) is 12.3 Å². The van der Waals surface area contributed by atoms with Gasteiger partial charge in [-0.3, -0.25) is 0 Å². The highest BCUT2D eigenvalue weighted by Gasteiger charge is 2.14. The molecule has 23 heavy (non-hydrogen) atoms. The fourth-order valence-corrected chi connectivity index (χ4v) is 2.50. The summed E-state index contributed by atoms with van der Waals surface area (Å²) in [4.78, 5) is 16.8. The Balaban J connectivity index is 2.06. The molecule has 0 aliphatic rings. The second-order valence-corrected chi connectivity index (χ2v) is 5.43. The average molecular weight is 305 g/mol. The number of hydrogen-bond donors (Lipinski definition) is 0. The summed E-state index contributed by atoms with van der Waals surface area (Å²) >= 11 is 0. The number of ether oxygens (including phenoxy) is 1. The molecule has 0 radical (unpaired) electrons. The van der Waals surface area contributed by atoms with Gasteiger partial charge in [-0.15, -0.1) is 0 Å². The van der Waals surface area contributed by atoms with Gasteiger partial charge in [-0.25, -0.2) is 9.78 Å². The van der Waals surface area contributed by atoms with Gasteiger partial charge in [0.1, 0.15) is 5.69 Å². The van der Waals surface area contributed by atoms with Crippen LogP contribution in [-0.2, 0) is 4.74 Å². The molecule has 1 heterocycles. The van der Waals surface area contributed by atoms with Crippen molar-refractivity contribution in [2.24, 2.45) is 0 Å². The van der Waals surface area contributed by atoms with Crippen LogP contribution < -0.4 is 0 Å². The van der Waals surface area contributed by atoms with E-state index in [9.17, 15) is 4.79 Å². The number of pyridine rings is 1. The van der Waals surface area contributed by atoms with E-state index < -0.39 is 0 Å². The van der Waals surface area contributed by atoms with E-state index in [4.69, 9.17) is 4.74 Å². The number of benzene rings is 2. The van der Waals surface area contributed by atoms with Crippen LogP contribution in [0.25, 0.3) is 22.0 Å². The number of rotatable bonds is 5. The first-order valence-electron chi connectivity index (χ1n) is 7.92. The first kappa shape index (κ1) is 15.2. The molecule has 0 N–H and O–H groups in total. The summed E-state index contributed by atoms with van der Waals surface area (Å²) in [7, 11) is 0. The number of fused-ring (bicyclic) bond motifs is 1. The van der Waals surface area contributed by atoms with Crippen molar-refractivity contribution in [1.29, 1.82) is 0 Å². The molecule has 0 saturated heterocycles. The Morgan fingerprint density at radius 2 is 1.78 bits per heavy atom. The Kier molecular flexibility index (Phi) is 4.67. The topological polar surface area (TPSA) is 39.2 Å². The molecule has 0 aliphatic heterocycles. The largest absolute Gasteiger partial charge is 0.461 e. The minimum atomic E-state index is -0.360. The maximum Gasteiger partial charge on any atom is 0.356 e. The standard InChI is InChI=1S/C20H19NO2/c1-2-3-13-23-20(22)18-14-16-11-7-8-12-17(16)19(21-18)15-9-5-4-6-10-15/h4-12,14H,2-3,13H2,1H3. The molecule has 3 nitrogen and oxygen atoms in total. The zero-order chi connectivity index (χ0) is 16.1. The van der Waals surface area contributed by atoms with Gasteiger partial charge in [0.15, 0.2) is 0 Å². The predicted octanol–water partition coefficient (Wildman–Crippen LogP) is 4.86. The van der Waals surface area contributed by atoms with Gasteiger partial charge >= 0.3 is 5.97 Å². The Labute approximate surface area is 135 Å². The van der Waals surface area contributed by atoms with Crippen LogP contribution in [-0.4, -0.2) is 17.6 Å². The van der Waals surface area contributed by atoms with Gasteiger partial charge in [-0.05, 0) is 17.9 Å². The maximum absolute atomic E-state index is 12.3. The highest BCUT2D eigenvalue weighted by molar-refractivity contribution is 5.99. The molecule has 1 aromatic heterocycles. The lowest BCUT2D eigenvalue weighted by Gasteiger charge is -2.09. The minimum Gasteiger partial charge on any atom is -0.461 e. The molecule has 3 heteroatoms. The molecule has 0 spiro atoms. The predicted molar refractivity (Wildman–Crippen MR) is 92.4 cm³/mol. The van der Waals surface area contributed by atoms with Crippen molar-refractivity contribution in [2.75, 3.05) is 6.61 Å². The van der Waals surface area contributed by atoms with Gasteiger partial charge in [0.25, 0.3) is 0 Å². The van der Waals surface area contributed by atoms with Gasteiger partial charge in [0.2, 0.25) is 0 Å². The van der Waals surface area contributed by atoms with E-state index >= 15 is 0 Å². The summed E-state index contributed by atoms with van der Waals surface area (Å²) in [6.07, 6.45) is 1.86.